The van der Waals surface area contributed by atoms with E-state index in [0.29, 0.717) is 11.5 Å². The smallest absolute Gasteiger partial charge is 0.0710 e. The molecule has 1 aliphatic carbocycles. The van der Waals surface area contributed by atoms with Crippen molar-refractivity contribution in [2.24, 2.45) is 5.41 Å². The van der Waals surface area contributed by atoms with E-state index in [4.69, 9.17) is 4.74 Å². The molecular weight excluding hydrogens is 278 g/mol. The predicted octanol–water partition coefficient (Wildman–Crippen LogP) is 3.44. The predicted molar refractivity (Wildman–Crippen MR) is 75.8 cm³/mol. The van der Waals surface area contributed by atoms with E-state index < -0.39 is 0 Å². The molecule has 100 valence electrons. The third-order valence-corrected chi connectivity index (χ3v) is 5.76. The number of hydrogen-bond acceptors (Lipinski definition) is 2. The van der Waals surface area contributed by atoms with Crippen LogP contribution in [0.1, 0.15) is 44.9 Å². The highest BCUT2D eigenvalue weighted by Gasteiger charge is 2.34. The van der Waals surface area contributed by atoms with Crippen LogP contribution in [0.3, 0.4) is 0 Å². The van der Waals surface area contributed by atoms with E-state index in [1.807, 2.05) is 7.11 Å². The average Bonchev–Trinajstić information content (AvgIpc) is 2.67. The highest BCUT2D eigenvalue weighted by atomic mass is 79.9. The summed E-state index contributed by atoms with van der Waals surface area (Å²) in [5, 5.41) is 1.17. The van der Waals surface area contributed by atoms with Gasteiger partial charge in [-0.25, -0.2) is 0 Å². The first-order valence-corrected chi connectivity index (χ1v) is 8.21. The summed E-state index contributed by atoms with van der Waals surface area (Å²) in [7, 11) is 1.85. The summed E-state index contributed by atoms with van der Waals surface area (Å²) in [6.07, 6.45) is 10.2. The first kappa shape index (κ1) is 13.8. The molecule has 3 heteroatoms. The fraction of sp³-hybridized carbons (Fsp3) is 1.00. The van der Waals surface area contributed by atoms with E-state index in [1.165, 1.54) is 63.4 Å². The van der Waals surface area contributed by atoms with Crippen LogP contribution in [0.25, 0.3) is 0 Å². The van der Waals surface area contributed by atoms with Crippen LogP contribution in [-0.2, 0) is 4.74 Å². The zero-order valence-electron chi connectivity index (χ0n) is 11.1. The first-order chi connectivity index (χ1) is 8.28. The Morgan fingerprint density at radius 3 is 2.47 bits per heavy atom. The summed E-state index contributed by atoms with van der Waals surface area (Å²) in [4.78, 5) is 2.63. The number of methoxy groups -OCH3 is 1. The summed E-state index contributed by atoms with van der Waals surface area (Å²) in [6.45, 7) is 3.65. The molecule has 1 saturated carbocycles. The normalized spacial score (nSPS) is 30.4. The van der Waals surface area contributed by atoms with Gasteiger partial charge in [0.05, 0.1) is 6.10 Å². The molecule has 1 atom stereocenters. The van der Waals surface area contributed by atoms with Crippen LogP contribution in [0.5, 0.6) is 0 Å². The van der Waals surface area contributed by atoms with Crippen molar-refractivity contribution >= 4 is 15.9 Å². The number of rotatable bonds is 4. The van der Waals surface area contributed by atoms with E-state index in [-0.39, 0.29) is 0 Å². The van der Waals surface area contributed by atoms with E-state index in [0.717, 1.165) is 6.54 Å². The van der Waals surface area contributed by atoms with Gasteiger partial charge in [-0.15, -0.1) is 0 Å². The van der Waals surface area contributed by atoms with Gasteiger partial charge in [0.2, 0.25) is 0 Å². The molecule has 1 heterocycles. The van der Waals surface area contributed by atoms with Crippen molar-refractivity contribution < 1.29 is 4.74 Å². The molecule has 0 aromatic heterocycles. The Kier molecular flexibility index (Phi) is 5.31. The van der Waals surface area contributed by atoms with Crippen LogP contribution in [0, 0.1) is 5.41 Å². The molecule has 2 aliphatic rings. The van der Waals surface area contributed by atoms with Gasteiger partial charge in [0.25, 0.3) is 0 Å². The topological polar surface area (TPSA) is 12.5 Å². The molecule has 0 aromatic rings. The molecule has 0 aromatic carbocycles. The lowest BCUT2D eigenvalue weighted by molar-refractivity contribution is 0.0974. The van der Waals surface area contributed by atoms with E-state index in [1.54, 1.807) is 0 Å². The molecule has 2 rings (SSSR count). The molecule has 0 amide bonds. The SMILES string of the molecule is COC1CCN(CC2(CBr)CCCCCC2)C1. The molecule has 0 N–H and O–H groups in total. The Hall–Kier alpha value is 0.400. The number of hydrogen-bond donors (Lipinski definition) is 0. The molecule has 0 spiro atoms. The van der Waals surface area contributed by atoms with Gasteiger partial charge in [0.1, 0.15) is 0 Å². The fourth-order valence-electron chi connectivity index (χ4n) is 3.42. The Bertz CT molecular complexity index is 226. The third kappa shape index (κ3) is 3.68. The van der Waals surface area contributed by atoms with Gasteiger partial charge < -0.3 is 9.64 Å². The molecular formula is C14H26BrNO. The van der Waals surface area contributed by atoms with Gasteiger partial charge in [0.15, 0.2) is 0 Å². The van der Waals surface area contributed by atoms with Crippen molar-refractivity contribution in [1.82, 2.24) is 4.90 Å². The minimum absolute atomic E-state index is 0.480. The second-order valence-corrected chi connectivity index (χ2v) is 6.49. The van der Waals surface area contributed by atoms with Crippen molar-refractivity contribution in [2.45, 2.75) is 51.0 Å². The van der Waals surface area contributed by atoms with Crippen LogP contribution in [0.15, 0.2) is 0 Å². The van der Waals surface area contributed by atoms with Crippen LogP contribution in [0.2, 0.25) is 0 Å². The van der Waals surface area contributed by atoms with Crippen molar-refractivity contribution in [3.8, 4) is 0 Å². The average molecular weight is 304 g/mol. The highest BCUT2D eigenvalue weighted by Crippen LogP contribution is 2.38. The van der Waals surface area contributed by atoms with Crippen molar-refractivity contribution in [2.75, 3.05) is 32.1 Å². The molecule has 2 fully saturated rings. The Morgan fingerprint density at radius 1 is 1.24 bits per heavy atom. The van der Waals surface area contributed by atoms with Crippen molar-refractivity contribution in [3.63, 3.8) is 0 Å². The Labute approximate surface area is 114 Å². The van der Waals surface area contributed by atoms with Crippen LogP contribution in [0.4, 0.5) is 0 Å². The van der Waals surface area contributed by atoms with Crippen molar-refractivity contribution in [3.05, 3.63) is 0 Å². The number of nitrogens with zero attached hydrogens (tertiary/aromatic N) is 1. The summed E-state index contributed by atoms with van der Waals surface area (Å²) in [5.74, 6) is 0. The van der Waals surface area contributed by atoms with Gasteiger partial charge >= 0.3 is 0 Å². The summed E-state index contributed by atoms with van der Waals surface area (Å²) < 4.78 is 5.47. The molecule has 0 radical (unpaired) electrons. The number of alkyl halides is 1. The van der Waals surface area contributed by atoms with Gasteiger partial charge in [-0.1, -0.05) is 41.6 Å². The number of ether oxygens (including phenoxy) is 1. The Morgan fingerprint density at radius 2 is 1.94 bits per heavy atom. The monoisotopic (exact) mass is 303 g/mol. The second-order valence-electron chi connectivity index (χ2n) is 5.93. The van der Waals surface area contributed by atoms with Crippen LogP contribution in [-0.4, -0.2) is 43.1 Å². The van der Waals surface area contributed by atoms with Crippen LogP contribution < -0.4 is 0 Å². The summed E-state index contributed by atoms with van der Waals surface area (Å²) in [6, 6.07) is 0. The number of halogens is 1. The van der Waals surface area contributed by atoms with Gasteiger partial charge in [-0.2, -0.15) is 0 Å². The maximum Gasteiger partial charge on any atom is 0.0710 e. The minimum Gasteiger partial charge on any atom is -0.380 e. The molecule has 1 unspecified atom stereocenters. The van der Waals surface area contributed by atoms with Gasteiger partial charge in [0, 0.05) is 32.1 Å². The lowest BCUT2D eigenvalue weighted by Gasteiger charge is -2.35. The maximum absolute atomic E-state index is 5.47. The molecule has 0 bridgehead atoms. The second kappa shape index (κ2) is 6.53. The zero-order valence-corrected chi connectivity index (χ0v) is 12.7. The Balaban J connectivity index is 1.89. The minimum atomic E-state index is 0.480. The number of likely N-dealkylation sites (tertiary alicyclic amines) is 1. The van der Waals surface area contributed by atoms with Crippen molar-refractivity contribution in [1.29, 1.82) is 0 Å². The van der Waals surface area contributed by atoms with E-state index in [9.17, 15) is 0 Å². The quantitative estimate of drug-likeness (QED) is 0.583. The van der Waals surface area contributed by atoms with E-state index >= 15 is 0 Å². The molecule has 17 heavy (non-hydrogen) atoms. The summed E-state index contributed by atoms with van der Waals surface area (Å²) >= 11 is 3.78. The lowest BCUT2D eigenvalue weighted by atomic mass is 9.82. The third-order valence-electron chi connectivity index (χ3n) is 4.57. The summed E-state index contributed by atoms with van der Waals surface area (Å²) in [5.41, 5.74) is 0.541. The lowest BCUT2D eigenvalue weighted by Crippen LogP contribution is -2.38. The fourth-order valence-corrected chi connectivity index (χ4v) is 4.16. The standard InChI is InChI=1S/C14H26BrNO/c1-17-13-6-9-16(10-13)12-14(11-15)7-4-2-3-5-8-14/h13H,2-12H2,1H3. The van der Waals surface area contributed by atoms with Gasteiger partial charge in [-0.3, -0.25) is 0 Å². The first-order valence-electron chi connectivity index (χ1n) is 7.09. The largest absolute Gasteiger partial charge is 0.380 e. The maximum atomic E-state index is 5.47. The molecule has 1 saturated heterocycles. The van der Waals surface area contributed by atoms with Gasteiger partial charge in [-0.05, 0) is 24.7 Å². The zero-order chi connectivity index (χ0) is 12.1. The van der Waals surface area contributed by atoms with E-state index in [2.05, 4.69) is 20.8 Å². The molecule has 1 aliphatic heterocycles. The van der Waals surface area contributed by atoms with Crippen LogP contribution >= 0.6 is 15.9 Å². The highest BCUT2D eigenvalue weighted by molar-refractivity contribution is 9.09. The molecule has 2 nitrogen and oxygen atoms in total.